The van der Waals surface area contributed by atoms with Crippen LogP contribution in [-0.4, -0.2) is 22.3 Å². The van der Waals surface area contributed by atoms with Crippen molar-refractivity contribution < 1.29 is 4.79 Å². The summed E-state index contributed by atoms with van der Waals surface area (Å²) in [6, 6.07) is 7.90. The maximum absolute atomic E-state index is 12.5. The lowest BCUT2D eigenvalue weighted by Gasteiger charge is -2.27. The summed E-state index contributed by atoms with van der Waals surface area (Å²) in [6.07, 6.45) is 0.930. The van der Waals surface area contributed by atoms with E-state index < -0.39 is 0 Å². The Kier molecular flexibility index (Phi) is 3.57. The predicted octanol–water partition coefficient (Wildman–Crippen LogP) is 3.64. The molecule has 0 radical (unpaired) electrons. The van der Waals surface area contributed by atoms with Gasteiger partial charge in [0.05, 0.1) is 12.2 Å². The largest absolute Gasteiger partial charge is 0.332 e. The van der Waals surface area contributed by atoms with Gasteiger partial charge >= 0.3 is 0 Å². The molecule has 0 fully saturated rings. The summed E-state index contributed by atoms with van der Waals surface area (Å²) in [6.45, 7) is 7.88. The monoisotopic (exact) mass is 300 g/mol. The van der Waals surface area contributed by atoms with Crippen LogP contribution in [0.15, 0.2) is 29.6 Å². The van der Waals surface area contributed by atoms with E-state index in [1.165, 1.54) is 0 Å². The predicted molar refractivity (Wildman–Crippen MR) is 85.7 cm³/mol. The topological polar surface area (TPSA) is 33.2 Å². The Morgan fingerprint density at radius 1 is 1.29 bits per heavy atom. The summed E-state index contributed by atoms with van der Waals surface area (Å²) >= 11 is 1.65. The highest BCUT2D eigenvalue weighted by molar-refractivity contribution is 7.09. The van der Waals surface area contributed by atoms with E-state index in [1.807, 2.05) is 29.2 Å². The van der Waals surface area contributed by atoms with Crippen LogP contribution < -0.4 is 0 Å². The number of carbonyl (C=O) groups is 1. The van der Waals surface area contributed by atoms with Crippen molar-refractivity contribution in [1.29, 1.82) is 0 Å². The fraction of sp³-hybridized carbons (Fsp3) is 0.412. The van der Waals surface area contributed by atoms with Crippen molar-refractivity contribution in [2.75, 3.05) is 6.54 Å². The molecule has 0 saturated carbocycles. The Morgan fingerprint density at radius 2 is 2.05 bits per heavy atom. The average molecular weight is 300 g/mol. The van der Waals surface area contributed by atoms with Crippen LogP contribution in [-0.2, 0) is 18.4 Å². The highest BCUT2D eigenvalue weighted by Gasteiger charge is 2.25. The first kappa shape index (κ1) is 14.3. The number of rotatable bonds is 2. The average Bonchev–Trinajstić information content (AvgIpc) is 2.91. The first-order valence-electron chi connectivity index (χ1n) is 7.27. The molecule has 1 amide bonds. The van der Waals surface area contributed by atoms with Gasteiger partial charge < -0.3 is 4.90 Å². The number of fused-ring (bicyclic) bond motifs is 1. The molecule has 0 N–H and O–H groups in total. The zero-order valence-corrected chi connectivity index (χ0v) is 13.5. The summed E-state index contributed by atoms with van der Waals surface area (Å²) in [5.74, 6) is 0.129. The molecule has 4 heteroatoms. The highest BCUT2D eigenvalue weighted by atomic mass is 32.1. The molecule has 3 rings (SSSR count). The Balaban J connectivity index is 1.78. The Hall–Kier alpha value is -1.68. The lowest BCUT2D eigenvalue weighted by molar-refractivity contribution is 0.0727. The van der Waals surface area contributed by atoms with Gasteiger partial charge in [-0.15, -0.1) is 11.3 Å². The number of hydrogen-bond acceptors (Lipinski definition) is 3. The van der Waals surface area contributed by atoms with E-state index in [-0.39, 0.29) is 11.3 Å². The molecule has 2 aromatic rings. The number of hydrogen-bond donors (Lipinski definition) is 0. The molecule has 21 heavy (non-hydrogen) atoms. The van der Waals surface area contributed by atoms with Crippen LogP contribution >= 0.6 is 11.3 Å². The van der Waals surface area contributed by atoms with Gasteiger partial charge in [-0.3, -0.25) is 4.79 Å². The van der Waals surface area contributed by atoms with Crippen molar-refractivity contribution in [3.63, 3.8) is 0 Å². The van der Waals surface area contributed by atoms with Crippen molar-refractivity contribution in [3.8, 4) is 0 Å². The van der Waals surface area contributed by atoms with Crippen molar-refractivity contribution in [3.05, 3.63) is 51.5 Å². The molecule has 1 aliphatic rings. The van der Waals surface area contributed by atoms with Crippen LogP contribution in [0.1, 0.15) is 47.4 Å². The Labute approximate surface area is 129 Å². The lowest BCUT2D eigenvalue weighted by Crippen LogP contribution is -2.37. The van der Waals surface area contributed by atoms with E-state index in [4.69, 9.17) is 4.98 Å². The second kappa shape index (κ2) is 5.26. The second-order valence-electron chi connectivity index (χ2n) is 6.51. The molecule has 1 aliphatic heterocycles. The maximum Gasteiger partial charge on any atom is 0.254 e. The quantitative estimate of drug-likeness (QED) is 0.848. The van der Waals surface area contributed by atoms with Crippen LogP contribution in [0, 0.1) is 0 Å². The molecule has 0 bridgehead atoms. The minimum Gasteiger partial charge on any atom is -0.332 e. The molecule has 0 aliphatic carbocycles. The lowest BCUT2D eigenvalue weighted by atomic mass is 9.93. The molecule has 1 aromatic heterocycles. The molecule has 0 saturated heterocycles. The zero-order valence-electron chi connectivity index (χ0n) is 12.7. The maximum atomic E-state index is 12.5. The van der Waals surface area contributed by atoms with Crippen LogP contribution in [0.5, 0.6) is 0 Å². The third kappa shape index (κ3) is 2.86. The Morgan fingerprint density at radius 3 is 2.76 bits per heavy atom. The van der Waals surface area contributed by atoms with E-state index in [9.17, 15) is 4.79 Å². The molecular formula is C17H20N2OS. The molecular weight excluding hydrogens is 280 g/mol. The molecule has 1 aromatic carbocycles. The van der Waals surface area contributed by atoms with Gasteiger partial charge in [-0.1, -0.05) is 39.0 Å². The fourth-order valence-corrected chi connectivity index (χ4v) is 3.55. The summed E-state index contributed by atoms with van der Waals surface area (Å²) in [7, 11) is 0. The second-order valence-corrected chi connectivity index (χ2v) is 7.45. The minimum atomic E-state index is 0.0628. The van der Waals surface area contributed by atoms with Crippen LogP contribution in [0.4, 0.5) is 0 Å². The molecule has 2 heterocycles. The van der Waals surface area contributed by atoms with Crippen molar-refractivity contribution in [2.45, 2.75) is 39.2 Å². The normalized spacial score (nSPS) is 15.2. The van der Waals surface area contributed by atoms with Gasteiger partial charge in [0.1, 0.15) is 5.01 Å². The summed E-state index contributed by atoms with van der Waals surface area (Å²) in [5.41, 5.74) is 3.17. The van der Waals surface area contributed by atoms with Gasteiger partial charge in [0.15, 0.2) is 0 Å². The van der Waals surface area contributed by atoms with Gasteiger partial charge in [-0.25, -0.2) is 4.98 Å². The summed E-state index contributed by atoms with van der Waals surface area (Å²) < 4.78 is 0. The van der Waals surface area contributed by atoms with Gasteiger partial charge in [-0.05, 0) is 18.1 Å². The zero-order chi connectivity index (χ0) is 15.0. The summed E-state index contributed by atoms with van der Waals surface area (Å²) in [4.78, 5) is 19.1. The van der Waals surface area contributed by atoms with Crippen molar-refractivity contribution in [2.24, 2.45) is 0 Å². The number of aromatic nitrogens is 1. The van der Waals surface area contributed by atoms with E-state index in [2.05, 4.69) is 26.2 Å². The van der Waals surface area contributed by atoms with Crippen molar-refractivity contribution in [1.82, 2.24) is 9.88 Å². The van der Waals surface area contributed by atoms with E-state index in [0.29, 0.717) is 6.54 Å². The highest BCUT2D eigenvalue weighted by Crippen LogP contribution is 2.26. The molecule has 110 valence electrons. The first-order chi connectivity index (χ1) is 9.95. The van der Waals surface area contributed by atoms with Crippen molar-refractivity contribution >= 4 is 17.2 Å². The SMILES string of the molecule is CC(C)(C)c1csc(CN2CCc3ccccc3C2=O)n1. The molecule has 0 atom stereocenters. The smallest absolute Gasteiger partial charge is 0.254 e. The van der Waals surface area contributed by atoms with Crippen LogP contribution in [0.25, 0.3) is 0 Å². The molecule has 3 nitrogen and oxygen atoms in total. The molecule has 0 spiro atoms. The number of amides is 1. The third-order valence-corrected chi connectivity index (χ3v) is 4.67. The van der Waals surface area contributed by atoms with Gasteiger partial charge in [-0.2, -0.15) is 0 Å². The van der Waals surface area contributed by atoms with Gasteiger partial charge in [0.25, 0.3) is 5.91 Å². The van der Waals surface area contributed by atoms with Gasteiger partial charge in [0.2, 0.25) is 0 Å². The summed E-state index contributed by atoms with van der Waals surface area (Å²) in [5, 5.41) is 3.13. The number of nitrogens with zero attached hydrogens (tertiary/aromatic N) is 2. The molecule has 0 unspecified atom stereocenters. The van der Waals surface area contributed by atoms with Crippen LogP contribution in [0.3, 0.4) is 0 Å². The number of thiazole rings is 1. The van der Waals surface area contributed by atoms with E-state index >= 15 is 0 Å². The Bertz CT molecular complexity index is 669. The standard InChI is InChI=1S/C17H20N2OS/c1-17(2,3)14-11-21-15(18-14)10-19-9-8-12-6-4-5-7-13(12)16(19)20/h4-7,11H,8-10H2,1-3H3. The van der Waals surface area contributed by atoms with Crippen LogP contribution in [0.2, 0.25) is 0 Å². The third-order valence-electron chi connectivity index (χ3n) is 3.83. The fourth-order valence-electron chi connectivity index (χ4n) is 2.52. The minimum absolute atomic E-state index is 0.0628. The van der Waals surface area contributed by atoms with Gasteiger partial charge in [0, 0.05) is 22.9 Å². The van der Waals surface area contributed by atoms with E-state index in [0.717, 1.165) is 34.8 Å². The first-order valence-corrected chi connectivity index (χ1v) is 8.15. The number of benzene rings is 1. The number of carbonyl (C=O) groups excluding carboxylic acids is 1. The van der Waals surface area contributed by atoms with E-state index in [1.54, 1.807) is 11.3 Å².